The number of benzene rings is 2. The fraction of sp³-hybridized carbons (Fsp3) is 0.333. The molecule has 26 heavy (non-hydrogen) atoms. The van der Waals surface area contributed by atoms with Gasteiger partial charge in [0.25, 0.3) is 11.8 Å². The normalized spacial score (nSPS) is 21.7. The Bertz CT molecular complexity index is 826. The van der Waals surface area contributed by atoms with Crippen molar-refractivity contribution in [2.24, 2.45) is 0 Å². The predicted molar refractivity (Wildman–Crippen MR) is 102 cm³/mol. The highest BCUT2D eigenvalue weighted by Crippen LogP contribution is 2.39. The fourth-order valence-corrected chi connectivity index (χ4v) is 5.82. The molecule has 0 aromatic heterocycles. The third kappa shape index (κ3) is 2.37. The van der Waals surface area contributed by atoms with Crippen molar-refractivity contribution in [1.82, 2.24) is 9.80 Å². The van der Waals surface area contributed by atoms with Crippen LogP contribution in [0.1, 0.15) is 44.7 Å². The summed E-state index contributed by atoms with van der Waals surface area (Å²) in [7, 11) is 0. The maximum absolute atomic E-state index is 13.1. The third-order valence-electron chi connectivity index (χ3n) is 5.63. The molecule has 4 nitrogen and oxygen atoms in total. The van der Waals surface area contributed by atoms with Crippen molar-refractivity contribution in [2.75, 3.05) is 5.75 Å². The van der Waals surface area contributed by atoms with Crippen molar-refractivity contribution in [3.05, 3.63) is 70.8 Å². The summed E-state index contributed by atoms with van der Waals surface area (Å²) in [5, 5.41) is 0.284. The smallest absolute Gasteiger partial charge is 0.256 e. The number of rotatable bonds is 3. The Hall–Kier alpha value is -2.27. The summed E-state index contributed by atoms with van der Waals surface area (Å²) in [6.45, 7) is 1.19. The molecule has 132 valence electrons. The van der Waals surface area contributed by atoms with Crippen LogP contribution in [0.25, 0.3) is 0 Å². The van der Waals surface area contributed by atoms with Crippen LogP contribution in [0.5, 0.6) is 0 Å². The lowest BCUT2D eigenvalue weighted by atomic mass is 10.1. The number of fused-ring (bicyclic) bond motifs is 2. The van der Waals surface area contributed by atoms with E-state index in [1.54, 1.807) is 0 Å². The number of amides is 2. The summed E-state index contributed by atoms with van der Waals surface area (Å²) < 4.78 is 0. The Labute approximate surface area is 157 Å². The quantitative estimate of drug-likeness (QED) is 0.837. The van der Waals surface area contributed by atoms with Crippen molar-refractivity contribution in [2.45, 2.75) is 37.3 Å². The van der Waals surface area contributed by atoms with Crippen LogP contribution in [0.4, 0.5) is 0 Å². The van der Waals surface area contributed by atoms with Crippen LogP contribution in [-0.2, 0) is 13.1 Å². The molecule has 5 heteroatoms. The van der Waals surface area contributed by atoms with E-state index in [0.29, 0.717) is 13.1 Å². The van der Waals surface area contributed by atoms with E-state index in [1.165, 1.54) is 0 Å². The Kier molecular flexibility index (Phi) is 3.78. The number of hydrogen-bond acceptors (Lipinski definition) is 3. The first-order chi connectivity index (χ1) is 12.7. The standard InChI is InChI=1S/C21H20N2O2S/c24-20-16-8-3-1-6-14(16)12-22(20)19(18-10-5-11-26-18)23-13-15-7-2-4-9-17(15)21(23)25/h1-4,6-9,18-19H,5,10-13H2. The van der Waals surface area contributed by atoms with Crippen molar-refractivity contribution >= 4 is 23.6 Å². The Morgan fingerprint density at radius 3 is 1.85 bits per heavy atom. The highest BCUT2D eigenvalue weighted by atomic mass is 32.2. The molecule has 1 saturated heterocycles. The number of carbonyl (C=O) groups is 2. The van der Waals surface area contributed by atoms with Crippen LogP contribution in [0.15, 0.2) is 48.5 Å². The molecule has 1 atom stereocenters. The Morgan fingerprint density at radius 1 is 0.846 bits per heavy atom. The second-order valence-corrected chi connectivity index (χ2v) is 8.49. The van der Waals surface area contributed by atoms with E-state index >= 15 is 0 Å². The van der Waals surface area contributed by atoms with Crippen molar-refractivity contribution in [3.8, 4) is 0 Å². The molecule has 1 unspecified atom stereocenters. The van der Waals surface area contributed by atoms with Gasteiger partial charge in [-0.3, -0.25) is 9.59 Å². The van der Waals surface area contributed by atoms with Crippen molar-refractivity contribution in [3.63, 3.8) is 0 Å². The molecule has 0 spiro atoms. The van der Waals surface area contributed by atoms with Crippen molar-refractivity contribution < 1.29 is 9.59 Å². The van der Waals surface area contributed by atoms with E-state index in [4.69, 9.17) is 0 Å². The van der Waals surface area contributed by atoms with Gasteiger partial charge in [-0.1, -0.05) is 36.4 Å². The van der Waals surface area contributed by atoms with Crippen LogP contribution in [-0.4, -0.2) is 38.8 Å². The lowest BCUT2D eigenvalue weighted by molar-refractivity contribution is 0.0283. The number of hydrogen-bond donors (Lipinski definition) is 0. The highest BCUT2D eigenvalue weighted by Gasteiger charge is 2.45. The minimum absolute atomic E-state index is 0.0573. The average Bonchev–Trinajstić information content (AvgIpc) is 3.38. The van der Waals surface area contributed by atoms with Gasteiger partial charge in [0.15, 0.2) is 0 Å². The fourth-order valence-electron chi connectivity index (χ4n) is 4.39. The molecule has 0 radical (unpaired) electrons. The zero-order valence-corrected chi connectivity index (χ0v) is 15.2. The van der Waals surface area contributed by atoms with Crippen LogP contribution >= 0.6 is 11.8 Å². The van der Waals surface area contributed by atoms with Crippen LogP contribution in [0.2, 0.25) is 0 Å². The minimum Gasteiger partial charge on any atom is -0.313 e. The molecule has 3 aliphatic heterocycles. The molecule has 3 heterocycles. The maximum Gasteiger partial charge on any atom is 0.256 e. The molecule has 5 rings (SSSR count). The molecule has 0 saturated carbocycles. The maximum atomic E-state index is 13.1. The molecule has 0 N–H and O–H groups in total. The van der Waals surface area contributed by atoms with Gasteiger partial charge in [-0.15, -0.1) is 0 Å². The van der Waals surface area contributed by atoms with Gasteiger partial charge in [-0.05, 0) is 41.9 Å². The molecule has 2 aromatic carbocycles. The Balaban J connectivity index is 1.52. The van der Waals surface area contributed by atoms with Gasteiger partial charge in [0.1, 0.15) is 6.17 Å². The van der Waals surface area contributed by atoms with E-state index in [0.717, 1.165) is 40.8 Å². The number of nitrogens with zero attached hydrogens (tertiary/aromatic N) is 2. The van der Waals surface area contributed by atoms with E-state index in [2.05, 4.69) is 0 Å². The molecular formula is C21H20N2O2S. The van der Waals surface area contributed by atoms with Crippen LogP contribution < -0.4 is 0 Å². The third-order valence-corrected chi connectivity index (χ3v) is 7.07. The largest absolute Gasteiger partial charge is 0.313 e. The van der Waals surface area contributed by atoms with Gasteiger partial charge in [-0.25, -0.2) is 0 Å². The first-order valence-electron chi connectivity index (χ1n) is 9.13. The van der Waals surface area contributed by atoms with Gasteiger partial charge in [0.05, 0.1) is 0 Å². The van der Waals surface area contributed by atoms with E-state index in [9.17, 15) is 9.59 Å². The zero-order valence-electron chi connectivity index (χ0n) is 14.4. The van der Waals surface area contributed by atoms with E-state index in [1.807, 2.05) is 70.1 Å². The summed E-state index contributed by atoms with van der Waals surface area (Å²) in [6.07, 6.45) is 2.02. The summed E-state index contributed by atoms with van der Waals surface area (Å²) in [5.74, 6) is 1.22. The minimum atomic E-state index is -0.178. The summed E-state index contributed by atoms with van der Waals surface area (Å²) in [4.78, 5) is 30.1. The molecule has 2 amide bonds. The molecule has 1 fully saturated rings. The monoisotopic (exact) mass is 364 g/mol. The molecule has 0 aliphatic carbocycles. The second-order valence-electron chi connectivity index (χ2n) is 7.15. The first kappa shape index (κ1) is 15.9. The Morgan fingerprint density at radius 2 is 1.38 bits per heavy atom. The topological polar surface area (TPSA) is 40.6 Å². The summed E-state index contributed by atoms with van der Waals surface area (Å²) in [6, 6.07) is 15.6. The lowest BCUT2D eigenvalue weighted by Gasteiger charge is -2.38. The second kappa shape index (κ2) is 6.16. The van der Waals surface area contributed by atoms with Gasteiger partial charge >= 0.3 is 0 Å². The summed E-state index contributed by atoms with van der Waals surface area (Å²) in [5.41, 5.74) is 3.69. The predicted octanol–water partition coefficient (Wildman–Crippen LogP) is 3.52. The molecule has 3 aliphatic rings. The SMILES string of the molecule is O=C1c2ccccc2CN1C(C1CCCS1)N1Cc2ccccc2C1=O. The van der Waals surface area contributed by atoms with Gasteiger partial charge in [0, 0.05) is 29.5 Å². The van der Waals surface area contributed by atoms with E-state index in [-0.39, 0.29) is 23.2 Å². The van der Waals surface area contributed by atoms with Crippen molar-refractivity contribution in [1.29, 1.82) is 0 Å². The highest BCUT2D eigenvalue weighted by molar-refractivity contribution is 8.00. The zero-order chi connectivity index (χ0) is 17.7. The average molecular weight is 364 g/mol. The number of thioether (sulfide) groups is 1. The molecule has 0 bridgehead atoms. The van der Waals surface area contributed by atoms with Gasteiger partial charge < -0.3 is 9.80 Å². The van der Waals surface area contributed by atoms with Gasteiger partial charge in [-0.2, -0.15) is 11.8 Å². The van der Waals surface area contributed by atoms with Crippen LogP contribution in [0.3, 0.4) is 0 Å². The van der Waals surface area contributed by atoms with Crippen LogP contribution in [0, 0.1) is 0 Å². The molecular weight excluding hydrogens is 344 g/mol. The molecule has 2 aromatic rings. The lowest BCUT2D eigenvalue weighted by Crippen LogP contribution is -2.53. The first-order valence-corrected chi connectivity index (χ1v) is 10.2. The van der Waals surface area contributed by atoms with E-state index < -0.39 is 0 Å². The van der Waals surface area contributed by atoms with Gasteiger partial charge in [0.2, 0.25) is 0 Å². The number of carbonyl (C=O) groups excluding carboxylic acids is 2. The summed E-state index contributed by atoms with van der Waals surface area (Å²) >= 11 is 1.90.